The van der Waals surface area contributed by atoms with Crippen molar-refractivity contribution >= 4 is 23.1 Å². The molecule has 1 heterocycles. The Balaban J connectivity index is 2.23. The molecule has 0 aliphatic rings. The molecule has 0 saturated carbocycles. The summed E-state index contributed by atoms with van der Waals surface area (Å²) in [5.41, 5.74) is 1.71. The van der Waals surface area contributed by atoms with E-state index in [1.165, 1.54) is 11.3 Å². The van der Waals surface area contributed by atoms with Gasteiger partial charge in [0.05, 0.1) is 6.61 Å². The zero-order chi connectivity index (χ0) is 9.52. The first-order chi connectivity index (χ1) is 6.36. The van der Waals surface area contributed by atoms with Gasteiger partial charge < -0.3 is 10.4 Å². The third kappa shape index (κ3) is 4.04. The van der Waals surface area contributed by atoms with E-state index >= 15 is 0 Å². The van der Waals surface area contributed by atoms with Crippen LogP contribution in [0, 0.1) is 0 Å². The van der Waals surface area contributed by atoms with E-state index in [1.807, 2.05) is 6.92 Å². The number of thioether (sulfide) groups is 1. The number of likely N-dealkylation sites (N-methyl/N-ethyl adjacent to an activating group) is 1. The summed E-state index contributed by atoms with van der Waals surface area (Å²) >= 11 is 3.15. The minimum Gasteiger partial charge on any atom is -0.395 e. The first-order valence-corrected chi connectivity index (χ1v) is 5.96. The molecule has 6 heteroatoms. The lowest BCUT2D eigenvalue weighted by Crippen LogP contribution is -2.34. The van der Waals surface area contributed by atoms with E-state index in [9.17, 15) is 0 Å². The second-order valence-electron chi connectivity index (χ2n) is 2.45. The lowest BCUT2D eigenvalue weighted by Gasteiger charge is -2.12. The average molecular weight is 219 g/mol. The van der Waals surface area contributed by atoms with Crippen LogP contribution >= 0.6 is 23.1 Å². The van der Waals surface area contributed by atoms with E-state index in [0.29, 0.717) is 0 Å². The predicted molar refractivity (Wildman–Crippen MR) is 55.2 cm³/mol. The minimum absolute atomic E-state index is 0.152. The number of aliphatic hydroxyl groups excluding tert-OH is 1. The van der Waals surface area contributed by atoms with Gasteiger partial charge in [0.2, 0.25) is 0 Å². The molecule has 1 atom stereocenters. The van der Waals surface area contributed by atoms with Crippen molar-refractivity contribution in [2.24, 2.45) is 0 Å². The highest BCUT2D eigenvalue weighted by Gasteiger charge is 2.07. The lowest BCUT2D eigenvalue weighted by molar-refractivity contribution is 0.255. The highest BCUT2D eigenvalue weighted by Crippen LogP contribution is 2.19. The maximum atomic E-state index is 8.98. The van der Waals surface area contributed by atoms with Gasteiger partial charge in [-0.05, 0) is 6.54 Å². The van der Waals surface area contributed by atoms with Crippen LogP contribution in [0.4, 0.5) is 0 Å². The Morgan fingerprint density at radius 1 is 1.77 bits per heavy atom. The maximum absolute atomic E-state index is 8.98. The molecule has 0 radical (unpaired) electrons. The number of aliphatic hydroxyl groups is 1. The molecular formula is C7H13N3OS2. The fraction of sp³-hybridized carbons (Fsp3) is 0.714. The highest BCUT2D eigenvalue weighted by molar-refractivity contribution is 8.01. The Morgan fingerprint density at radius 3 is 3.15 bits per heavy atom. The van der Waals surface area contributed by atoms with Crippen LogP contribution in [0.5, 0.6) is 0 Å². The van der Waals surface area contributed by atoms with Crippen molar-refractivity contribution in [3.63, 3.8) is 0 Å². The van der Waals surface area contributed by atoms with Gasteiger partial charge in [-0.15, -0.1) is 10.2 Å². The Hall–Kier alpha value is -0.170. The van der Waals surface area contributed by atoms with Gasteiger partial charge in [0.15, 0.2) is 4.34 Å². The van der Waals surface area contributed by atoms with E-state index in [-0.39, 0.29) is 12.6 Å². The predicted octanol–water partition coefficient (Wildman–Crippen LogP) is 0.601. The summed E-state index contributed by atoms with van der Waals surface area (Å²) < 4.78 is 0.955. The highest BCUT2D eigenvalue weighted by atomic mass is 32.2. The Kier molecular flexibility index (Phi) is 5.29. The summed E-state index contributed by atoms with van der Waals surface area (Å²) in [6.07, 6.45) is 0. The minimum atomic E-state index is 0.152. The van der Waals surface area contributed by atoms with E-state index in [0.717, 1.165) is 16.6 Å². The molecule has 0 aliphatic heterocycles. The van der Waals surface area contributed by atoms with E-state index in [4.69, 9.17) is 5.11 Å². The molecule has 74 valence electrons. The number of hydrogen-bond donors (Lipinski definition) is 2. The monoisotopic (exact) mass is 219 g/mol. The van der Waals surface area contributed by atoms with Crippen LogP contribution < -0.4 is 5.32 Å². The molecule has 1 unspecified atom stereocenters. The third-order valence-corrected chi connectivity index (χ3v) is 3.48. The van der Waals surface area contributed by atoms with Gasteiger partial charge in [-0.1, -0.05) is 30.0 Å². The number of rotatable bonds is 6. The summed E-state index contributed by atoms with van der Waals surface area (Å²) in [7, 11) is 0. The molecule has 13 heavy (non-hydrogen) atoms. The van der Waals surface area contributed by atoms with E-state index in [2.05, 4.69) is 15.5 Å². The third-order valence-electron chi connectivity index (χ3n) is 1.46. The van der Waals surface area contributed by atoms with Crippen molar-refractivity contribution in [2.45, 2.75) is 17.3 Å². The summed E-state index contributed by atoms with van der Waals surface area (Å²) in [6, 6.07) is 0.152. The molecule has 0 spiro atoms. The molecule has 1 aromatic heterocycles. The molecule has 1 aromatic rings. The smallest absolute Gasteiger partial charge is 0.174 e. The summed E-state index contributed by atoms with van der Waals surface area (Å²) in [5.74, 6) is 0.833. The average Bonchev–Trinajstić information content (AvgIpc) is 2.64. The Bertz CT molecular complexity index is 218. The molecule has 0 aromatic carbocycles. The van der Waals surface area contributed by atoms with Crippen LogP contribution in [-0.4, -0.2) is 40.3 Å². The Labute approximate surface area is 85.8 Å². The molecule has 0 saturated heterocycles. The van der Waals surface area contributed by atoms with Crippen LogP contribution in [-0.2, 0) is 0 Å². The van der Waals surface area contributed by atoms with Crippen molar-refractivity contribution < 1.29 is 5.11 Å². The van der Waals surface area contributed by atoms with E-state index in [1.54, 1.807) is 17.3 Å². The van der Waals surface area contributed by atoms with Crippen LogP contribution in [0.25, 0.3) is 0 Å². The van der Waals surface area contributed by atoms with Crippen LogP contribution in [0.15, 0.2) is 9.85 Å². The molecular weight excluding hydrogens is 206 g/mol. The van der Waals surface area contributed by atoms with Crippen molar-refractivity contribution in [1.82, 2.24) is 15.5 Å². The molecule has 4 nitrogen and oxygen atoms in total. The van der Waals surface area contributed by atoms with Gasteiger partial charge in [-0.3, -0.25) is 0 Å². The molecule has 0 aliphatic carbocycles. The topological polar surface area (TPSA) is 58.0 Å². The van der Waals surface area contributed by atoms with Crippen LogP contribution in [0.2, 0.25) is 0 Å². The fourth-order valence-corrected chi connectivity index (χ4v) is 2.42. The zero-order valence-electron chi connectivity index (χ0n) is 7.43. The van der Waals surface area contributed by atoms with Crippen molar-refractivity contribution in [3.05, 3.63) is 5.51 Å². The van der Waals surface area contributed by atoms with Gasteiger partial charge in [0.1, 0.15) is 5.51 Å². The molecule has 0 fully saturated rings. The number of nitrogens with one attached hydrogen (secondary N) is 1. The number of nitrogens with zero attached hydrogens (tertiary/aromatic N) is 2. The zero-order valence-corrected chi connectivity index (χ0v) is 9.07. The van der Waals surface area contributed by atoms with Gasteiger partial charge in [0.25, 0.3) is 0 Å². The van der Waals surface area contributed by atoms with Gasteiger partial charge in [-0.2, -0.15) is 0 Å². The number of hydrogen-bond acceptors (Lipinski definition) is 6. The summed E-state index contributed by atoms with van der Waals surface area (Å²) in [5, 5.41) is 19.8. The van der Waals surface area contributed by atoms with Crippen molar-refractivity contribution in [3.8, 4) is 0 Å². The standard InChI is InChI=1S/C7H13N3OS2/c1-2-8-6(3-11)4-12-7-10-9-5-13-7/h5-6,8,11H,2-4H2,1H3. The van der Waals surface area contributed by atoms with Crippen molar-refractivity contribution in [1.29, 1.82) is 0 Å². The maximum Gasteiger partial charge on any atom is 0.174 e. The van der Waals surface area contributed by atoms with Gasteiger partial charge in [0, 0.05) is 11.8 Å². The van der Waals surface area contributed by atoms with E-state index < -0.39 is 0 Å². The normalized spacial score (nSPS) is 13.1. The summed E-state index contributed by atoms with van der Waals surface area (Å²) in [6.45, 7) is 3.07. The fourth-order valence-electron chi connectivity index (χ4n) is 0.863. The Morgan fingerprint density at radius 2 is 2.62 bits per heavy atom. The van der Waals surface area contributed by atoms with Crippen LogP contribution in [0.1, 0.15) is 6.92 Å². The van der Waals surface area contributed by atoms with Gasteiger partial charge >= 0.3 is 0 Å². The first-order valence-electron chi connectivity index (χ1n) is 4.10. The largest absolute Gasteiger partial charge is 0.395 e. The number of aromatic nitrogens is 2. The van der Waals surface area contributed by atoms with Crippen LogP contribution in [0.3, 0.4) is 0 Å². The first kappa shape index (κ1) is 10.9. The molecule has 0 bridgehead atoms. The SMILES string of the molecule is CCNC(CO)CSc1nncs1. The van der Waals surface area contributed by atoms with Crippen molar-refractivity contribution in [2.75, 3.05) is 18.9 Å². The molecule has 0 amide bonds. The summed E-state index contributed by atoms with van der Waals surface area (Å²) in [4.78, 5) is 0. The van der Waals surface area contributed by atoms with Gasteiger partial charge in [-0.25, -0.2) is 0 Å². The quantitative estimate of drug-likeness (QED) is 0.686. The second-order valence-corrected chi connectivity index (χ2v) is 4.55. The molecule has 1 rings (SSSR count). The second kappa shape index (κ2) is 6.31. The lowest BCUT2D eigenvalue weighted by atomic mass is 10.4. The molecule has 2 N–H and O–H groups in total.